The van der Waals surface area contributed by atoms with E-state index in [9.17, 15) is 5.26 Å². The van der Waals surface area contributed by atoms with Gasteiger partial charge in [0.1, 0.15) is 6.07 Å². The van der Waals surface area contributed by atoms with Crippen molar-refractivity contribution in [2.45, 2.75) is 32.7 Å². The van der Waals surface area contributed by atoms with Crippen molar-refractivity contribution >= 4 is 17.3 Å². The molecule has 1 aliphatic rings. The van der Waals surface area contributed by atoms with Gasteiger partial charge in [0.15, 0.2) is 0 Å². The molecular formula is C16H22ClN3. The molecule has 0 saturated carbocycles. The van der Waals surface area contributed by atoms with E-state index < -0.39 is 0 Å². The maximum atomic E-state index is 9.37. The molecule has 0 aliphatic carbocycles. The first kappa shape index (κ1) is 15.2. The van der Waals surface area contributed by atoms with Crippen molar-refractivity contribution in [3.63, 3.8) is 0 Å². The van der Waals surface area contributed by atoms with E-state index in [0.717, 1.165) is 25.3 Å². The van der Waals surface area contributed by atoms with E-state index in [1.807, 2.05) is 12.1 Å². The third kappa shape index (κ3) is 3.65. The molecule has 1 aromatic rings. The lowest BCUT2D eigenvalue weighted by molar-refractivity contribution is 0.541. The summed E-state index contributed by atoms with van der Waals surface area (Å²) in [6.45, 7) is 7.37. The Kier molecular flexibility index (Phi) is 5.28. The zero-order chi connectivity index (χ0) is 14.5. The highest BCUT2D eigenvalue weighted by Crippen LogP contribution is 2.28. The SMILES string of the molecule is CC(C)CN(CC1CCCN1)c1cccc(Cl)c1C#N. The van der Waals surface area contributed by atoms with Gasteiger partial charge in [0.25, 0.3) is 0 Å². The van der Waals surface area contributed by atoms with E-state index in [1.54, 1.807) is 6.07 Å². The second-order valence-corrected chi connectivity index (χ2v) is 6.25. The molecule has 3 nitrogen and oxygen atoms in total. The minimum absolute atomic E-state index is 0.513. The number of nitriles is 1. The fourth-order valence-corrected chi connectivity index (χ4v) is 2.99. The minimum atomic E-state index is 0.513. The molecule has 1 fully saturated rings. The molecule has 1 unspecified atom stereocenters. The van der Waals surface area contributed by atoms with Crippen LogP contribution in [-0.4, -0.2) is 25.7 Å². The van der Waals surface area contributed by atoms with E-state index in [4.69, 9.17) is 11.6 Å². The van der Waals surface area contributed by atoms with Crippen LogP contribution in [0.25, 0.3) is 0 Å². The molecule has 1 aliphatic heterocycles. The molecule has 1 heterocycles. The van der Waals surface area contributed by atoms with Gasteiger partial charge >= 0.3 is 0 Å². The van der Waals surface area contributed by atoms with Crippen molar-refractivity contribution in [3.05, 3.63) is 28.8 Å². The molecule has 0 radical (unpaired) electrons. The topological polar surface area (TPSA) is 39.1 Å². The molecule has 0 aromatic heterocycles. The number of halogens is 1. The summed E-state index contributed by atoms with van der Waals surface area (Å²) in [7, 11) is 0. The first-order chi connectivity index (χ1) is 9.61. The van der Waals surface area contributed by atoms with Crippen molar-refractivity contribution in [2.24, 2.45) is 5.92 Å². The van der Waals surface area contributed by atoms with Gasteiger partial charge < -0.3 is 10.2 Å². The Balaban J connectivity index is 2.25. The summed E-state index contributed by atoms with van der Waals surface area (Å²) in [4.78, 5) is 2.30. The van der Waals surface area contributed by atoms with Crippen LogP contribution < -0.4 is 10.2 Å². The van der Waals surface area contributed by atoms with Crippen LogP contribution in [0.4, 0.5) is 5.69 Å². The van der Waals surface area contributed by atoms with Crippen LogP contribution in [0.5, 0.6) is 0 Å². The fourth-order valence-electron chi connectivity index (χ4n) is 2.78. The highest BCUT2D eigenvalue weighted by atomic mass is 35.5. The molecular weight excluding hydrogens is 270 g/mol. The summed E-state index contributed by atoms with van der Waals surface area (Å²) < 4.78 is 0. The first-order valence-corrected chi connectivity index (χ1v) is 7.66. The van der Waals surface area contributed by atoms with Gasteiger partial charge in [0.2, 0.25) is 0 Å². The van der Waals surface area contributed by atoms with Crippen molar-refractivity contribution < 1.29 is 0 Å². The lowest BCUT2D eigenvalue weighted by atomic mass is 10.1. The Bertz CT molecular complexity index is 487. The Labute approximate surface area is 126 Å². The molecule has 0 bridgehead atoms. The zero-order valence-electron chi connectivity index (χ0n) is 12.2. The number of hydrogen-bond acceptors (Lipinski definition) is 3. The largest absolute Gasteiger partial charge is 0.369 e. The van der Waals surface area contributed by atoms with Gasteiger partial charge in [-0.2, -0.15) is 5.26 Å². The average Bonchev–Trinajstić information content (AvgIpc) is 2.90. The van der Waals surface area contributed by atoms with E-state index in [2.05, 4.69) is 30.1 Å². The van der Waals surface area contributed by atoms with Crippen LogP contribution in [0.15, 0.2) is 18.2 Å². The van der Waals surface area contributed by atoms with Gasteiger partial charge in [0, 0.05) is 19.1 Å². The van der Waals surface area contributed by atoms with Gasteiger partial charge in [-0.1, -0.05) is 31.5 Å². The molecule has 108 valence electrons. The molecule has 1 atom stereocenters. The third-order valence-corrected chi connectivity index (χ3v) is 3.95. The molecule has 1 N–H and O–H groups in total. The predicted molar refractivity (Wildman–Crippen MR) is 84.2 cm³/mol. The summed E-state index contributed by atoms with van der Waals surface area (Å²) in [6, 6.07) is 8.47. The van der Waals surface area contributed by atoms with E-state index in [-0.39, 0.29) is 0 Å². The van der Waals surface area contributed by atoms with Crippen molar-refractivity contribution in [1.29, 1.82) is 5.26 Å². The van der Waals surface area contributed by atoms with Gasteiger partial charge in [-0.15, -0.1) is 0 Å². The Morgan fingerprint density at radius 1 is 1.50 bits per heavy atom. The minimum Gasteiger partial charge on any atom is -0.369 e. The van der Waals surface area contributed by atoms with Crippen LogP contribution in [0.3, 0.4) is 0 Å². The molecule has 1 saturated heterocycles. The van der Waals surface area contributed by atoms with E-state index in [1.165, 1.54) is 12.8 Å². The van der Waals surface area contributed by atoms with Crippen LogP contribution in [0.1, 0.15) is 32.3 Å². The lowest BCUT2D eigenvalue weighted by Gasteiger charge is -2.30. The molecule has 1 aromatic carbocycles. The third-order valence-electron chi connectivity index (χ3n) is 3.63. The number of nitrogens with zero attached hydrogens (tertiary/aromatic N) is 2. The van der Waals surface area contributed by atoms with Crippen LogP contribution >= 0.6 is 11.6 Å². The van der Waals surface area contributed by atoms with Gasteiger partial charge in [-0.05, 0) is 37.4 Å². The van der Waals surface area contributed by atoms with Gasteiger partial charge in [-0.25, -0.2) is 0 Å². The smallest absolute Gasteiger partial charge is 0.103 e. The Morgan fingerprint density at radius 2 is 2.30 bits per heavy atom. The number of hydrogen-bond donors (Lipinski definition) is 1. The van der Waals surface area contributed by atoms with E-state index >= 15 is 0 Å². The first-order valence-electron chi connectivity index (χ1n) is 7.28. The van der Waals surface area contributed by atoms with Gasteiger partial charge in [0.05, 0.1) is 16.3 Å². The summed E-state index contributed by atoms with van der Waals surface area (Å²) >= 11 is 6.16. The Hall–Kier alpha value is -1.24. The number of anilines is 1. The predicted octanol–water partition coefficient (Wildman–Crippen LogP) is 3.43. The summed E-state index contributed by atoms with van der Waals surface area (Å²) in [5.41, 5.74) is 1.55. The highest BCUT2D eigenvalue weighted by Gasteiger charge is 2.21. The van der Waals surface area contributed by atoms with Crippen LogP contribution in [0.2, 0.25) is 5.02 Å². The van der Waals surface area contributed by atoms with Crippen molar-refractivity contribution in [3.8, 4) is 6.07 Å². The quantitative estimate of drug-likeness (QED) is 0.903. The summed E-state index contributed by atoms with van der Waals surface area (Å²) in [5, 5.41) is 13.4. The van der Waals surface area contributed by atoms with Crippen molar-refractivity contribution in [2.75, 3.05) is 24.5 Å². The number of rotatable bonds is 5. The van der Waals surface area contributed by atoms with Crippen LogP contribution in [-0.2, 0) is 0 Å². The fraction of sp³-hybridized carbons (Fsp3) is 0.562. The summed E-state index contributed by atoms with van der Waals surface area (Å²) in [5.74, 6) is 0.543. The second-order valence-electron chi connectivity index (χ2n) is 5.84. The van der Waals surface area contributed by atoms with Gasteiger partial charge in [-0.3, -0.25) is 0 Å². The normalized spacial score (nSPS) is 18.2. The molecule has 2 rings (SSSR count). The monoisotopic (exact) mass is 291 g/mol. The molecule has 0 amide bonds. The molecule has 4 heteroatoms. The second kappa shape index (κ2) is 6.97. The van der Waals surface area contributed by atoms with Crippen LogP contribution in [0, 0.1) is 17.2 Å². The summed E-state index contributed by atoms with van der Waals surface area (Å²) in [6.07, 6.45) is 2.44. The molecule has 0 spiro atoms. The maximum absolute atomic E-state index is 9.37. The highest BCUT2D eigenvalue weighted by molar-refractivity contribution is 6.32. The maximum Gasteiger partial charge on any atom is 0.103 e. The zero-order valence-corrected chi connectivity index (χ0v) is 13.0. The van der Waals surface area contributed by atoms with Crippen molar-refractivity contribution in [1.82, 2.24) is 5.32 Å². The standard InChI is InChI=1S/C16H22ClN3/c1-12(2)10-20(11-13-5-4-8-19-13)16-7-3-6-15(17)14(16)9-18/h3,6-7,12-13,19H,4-5,8,10-11H2,1-2H3. The molecule has 20 heavy (non-hydrogen) atoms. The average molecular weight is 292 g/mol. The number of benzene rings is 1. The number of nitrogens with one attached hydrogen (secondary N) is 1. The lowest BCUT2D eigenvalue weighted by Crippen LogP contribution is -2.39. The Morgan fingerprint density at radius 3 is 2.90 bits per heavy atom. The van der Waals surface area contributed by atoms with E-state index in [0.29, 0.717) is 22.5 Å².